The summed E-state index contributed by atoms with van der Waals surface area (Å²) in [5, 5.41) is 11.5. The van der Waals surface area contributed by atoms with E-state index in [0.717, 1.165) is 47.8 Å². The fourth-order valence-electron chi connectivity index (χ4n) is 4.53. The summed E-state index contributed by atoms with van der Waals surface area (Å²) in [6.07, 6.45) is 4.93. The number of halogens is 2. The van der Waals surface area contributed by atoms with Gasteiger partial charge >= 0.3 is 5.97 Å². The number of hydrogen-bond donors (Lipinski definition) is 2. The van der Waals surface area contributed by atoms with Crippen LogP contribution in [0.3, 0.4) is 0 Å². The van der Waals surface area contributed by atoms with Gasteiger partial charge in [0.2, 0.25) is 0 Å². The monoisotopic (exact) mass is 367 g/mol. The van der Waals surface area contributed by atoms with Crippen molar-refractivity contribution in [2.24, 2.45) is 5.92 Å². The Morgan fingerprint density at radius 1 is 1.33 bits per heavy atom. The average molecular weight is 368 g/mol. The van der Waals surface area contributed by atoms with Gasteiger partial charge in [0.1, 0.15) is 5.60 Å². The van der Waals surface area contributed by atoms with Gasteiger partial charge in [-0.2, -0.15) is 0 Å². The minimum atomic E-state index is -0.836. The third-order valence-corrected chi connectivity index (χ3v) is 6.33. The van der Waals surface area contributed by atoms with Crippen molar-refractivity contribution in [1.29, 1.82) is 0 Å². The quantitative estimate of drug-likeness (QED) is 0.809. The second-order valence-corrected chi connectivity index (χ2v) is 7.59. The molecule has 24 heavy (non-hydrogen) atoms. The lowest BCUT2D eigenvalue weighted by Crippen LogP contribution is -2.43. The Morgan fingerprint density at radius 3 is 2.79 bits per heavy atom. The van der Waals surface area contributed by atoms with E-state index in [0.29, 0.717) is 23.1 Å². The third-order valence-electron chi connectivity index (χ3n) is 5.52. The van der Waals surface area contributed by atoms with Crippen LogP contribution in [-0.2, 0) is 21.6 Å². The van der Waals surface area contributed by atoms with Crippen molar-refractivity contribution in [3.05, 3.63) is 33.4 Å². The lowest BCUT2D eigenvalue weighted by Gasteiger charge is -2.41. The van der Waals surface area contributed by atoms with Crippen LogP contribution in [-0.4, -0.2) is 22.7 Å². The summed E-state index contributed by atoms with van der Waals surface area (Å²) in [4.78, 5) is 15.1. The molecule has 1 aromatic heterocycles. The zero-order chi connectivity index (χ0) is 16.9. The lowest BCUT2D eigenvalue weighted by molar-refractivity contribution is -0.155. The van der Waals surface area contributed by atoms with E-state index < -0.39 is 11.6 Å². The normalized spacial score (nSPS) is 24.4. The Labute approximate surface area is 150 Å². The van der Waals surface area contributed by atoms with E-state index in [-0.39, 0.29) is 12.3 Å². The molecule has 1 aromatic carbocycles. The van der Waals surface area contributed by atoms with E-state index in [1.165, 1.54) is 0 Å². The van der Waals surface area contributed by atoms with Crippen LogP contribution in [0.4, 0.5) is 0 Å². The van der Waals surface area contributed by atoms with Gasteiger partial charge in [0, 0.05) is 10.9 Å². The predicted molar refractivity (Wildman–Crippen MR) is 93.9 cm³/mol. The van der Waals surface area contributed by atoms with Crippen LogP contribution in [0.1, 0.15) is 43.4 Å². The summed E-state index contributed by atoms with van der Waals surface area (Å²) >= 11 is 12.7. The van der Waals surface area contributed by atoms with Gasteiger partial charge < -0.3 is 14.8 Å². The molecule has 4 rings (SSSR count). The number of carboxylic acids is 1. The second-order valence-electron chi connectivity index (χ2n) is 6.80. The highest BCUT2D eigenvalue weighted by Gasteiger charge is 2.49. The fourth-order valence-corrected chi connectivity index (χ4v) is 4.96. The molecule has 1 aliphatic carbocycles. The van der Waals surface area contributed by atoms with Crippen molar-refractivity contribution in [3.63, 3.8) is 0 Å². The van der Waals surface area contributed by atoms with E-state index in [1.54, 1.807) is 6.07 Å². The summed E-state index contributed by atoms with van der Waals surface area (Å²) in [5.41, 5.74) is 2.07. The molecule has 128 valence electrons. The van der Waals surface area contributed by atoms with Gasteiger partial charge in [-0.25, -0.2) is 0 Å². The number of hydrogen-bond acceptors (Lipinski definition) is 2. The predicted octanol–water partition coefficient (Wildman–Crippen LogP) is 4.91. The average Bonchev–Trinajstić information content (AvgIpc) is 3.19. The molecule has 1 unspecified atom stereocenters. The molecule has 1 saturated carbocycles. The van der Waals surface area contributed by atoms with Gasteiger partial charge in [0.05, 0.1) is 28.8 Å². The SMILES string of the molecule is O=C(O)CC1(C2CCCC2)OCCc2c1[nH]c1ccc(Cl)c(Cl)c21. The van der Waals surface area contributed by atoms with Crippen LogP contribution in [0.15, 0.2) is 12.1 Å². The minimum Gasteiger partial charge on any atom is -0.481 e. The van der Waals surface area contributed by atoms with Crippen LogP contribution in [0.5, 0.6) is 0 Å². The highest BCUT2D eigenvalue weighted by Crippen LogP contribution is 2.50. The van der Waals surface area contributed by atoms with Crippen molar-refractivity contribution in [2.75, 3.05) is 6.61 Å². The highest BCUT2D eigenvalue weighted by molar-refractivity contribution is 6.45. The molecule has 0 amide bonds. The number of H-pyrrole nitrogens is 1. The van der Waals surface area contributed by atoms with Crippen LogP contribution >= 0.6 is 23.2 Å². The Morgan fingerprint density at radius 2 is 2.08 bits per heavy atom. The van der Waals surface area contributed by atoms with Gasteiger partial charge in [-0.05, 0) is 42.9 Å². The summed E-state index contributed by atoms with van der Waals surface area (Å²) in [6, 6.07) is 3.67. The molecule has 2 N–H and O–H groups in total. The van der Waals surface area contributed by atoms with Crippen molar-refractivity contribution in [3.8, 4) is 0 Å². The number of ether oxygens (including phenoxy) is 1. The van der Waals surface area contributed by atoms with Gasteiger partial charge in [-0.1, -0.05) is 36.0 Å². The fraction of sp³-hybridized carbons (Fsp3) is 0.500. The number of rotatable bonds is 3. The van der Waals surface area contributed by atoms with Crippen molar-refractivity contribution in [2.45, 2.75) is 44.1 Å². The maximum absolute atomic E-state index is 11.6. The molecule has 2 aliphatic rings. The smallest absolute Gasteiger partial charge is 0.306 e. The van der Waals surface area contributed by atoms with Gasteiger partial charge in [-0.15, -0.1) is 0 Å². The first kappa shape index (κ1) is 16.2. The van der Waals surface area contributed by atoms with Gasteiger partial charge in [-0.3, -0.25) is 4.79 Å². The number of aliphatic carboxylic acids is 1. The highest BCUT2D eigenvalue weighted by atomic mass is 35.5. The zero-order valence-electron chi connectivity index (χ0n) is 13.2. The Bertz CT molecular complexity index is 810. The summed E-state index contributed by atoms with van der Waals surface area (Å²) in [6.45, 7) is 0.507. The molecule has 0 spiro atoms. The number of nitrogens with one attached hydrogen (secondary N) is 1. The van der Waals surface area contributed by atoms with E-state index in [9.17, 15) is 9.90 Å². The number of carboxylic acid groups (broad SMARTS) is 1. The second kappa shape index (κ2) is 5.94. The number of carbonyl (C=O) groups is 1. The first-order valence-corrected chi connectivity index (χ1v) is 9.13. The van der Waals surface area contributed by atoms with E-state index >= 15 is 0 Å². The zero-order valence-corrected chi connectivity index (χ0v) is 14.7. The van der Waals surface area contributed by atoms with Crippen LogP contribution in [0.2, 0.25) is 10.0 Å². The minimum absolute atomic E-state index is 0.0250. The summed E-state index contributed by atoms with van der Waals surface area (Å²) < 4.78 is 6.20. The van der Waals surface area contributed by atoms with Crippen LogP contribution in [0, 0.1) is 5.92 Å². The number of aromatic nitrogens is 1. The van der Waals surface area contributed by atoms with Gasteiger partial charge in [0.15, 0.2) is 0 Å². The lowest BCUT2D eigenvalue weighted by atomic mass is 9.77. The van der Waals surface area contributed by atoms with Crippen molar-refractivity contribution in [1.82, 2.24) is 4.98 Å². The number of aromatic amines is 1. The molecule has 2 heterocycles. The number of fused-ring (bicyclic) bond motifs is 3. The van der Waals surface area contributed by atoms with Crippen molar-refractivity contribution >= 4 is 40.1 Å². The molecule has 1 fully saturated rings. The van der Waals surface area contributed by atoms with Crippen molar-refractivity contribution < 1.29 is 14.6 Å². The van der Waals surface area contributed by atoms with Crippen LogP contribution < -0.4 is 0 Å². The third kappa shape index (κ3) is 2.35. The van der Waals surface area contributed by atoms with E-state index in [4.69, 9.17) is 27.9 Å². The molecule has 0 saturated heterocycles. The maximum Gasteiger partial charge on any atom is 0.306 e. The first-order valence-electron chi connectivity index (χ1n) is 8.38. The molecule has 6 heteroatoms. The van der Waals surface area contributed by atoms with Gasteiger partial charge in [0.25, 0.3) is 0 Å². The first-order chi connectivity index (χ1) is 11.5. The van der Waals surface area contributed by atoms with E-state index in [2.05, 4.69) is 4.98 Å². The molecule has 2 aromatic rings. The number of benzene rings is 1. The standard InChI is InChI=1S/C18H19Cl2NO3/c19-12-5-6-13-15(16(12)20)11-7-8-24-18(9-14(22)23,17(11)21-13)10-3-1-2-4-10/h5-6,10,21H,1-4,7-9H2,(H,22,23). The Hall–Kier alpha value is -1.23. The molecule has 1 aliphatic heterocycles. The maximum atomic E-state index is 11.6. The Kier molecular flexibility index (Phi) is 4.02. The van der Waals surface area contributed by atoms with Crippen LogP contribution in [0.25, 0.3) is 10.9 Å². The molecule has 1 atom stereocenters. The van der Waals surface area contributed by atoms with E-state index in [1.807, 2.05) is 6.07 Å². The molecular formula is C18H19Cl2NO3. The summed E-state index contributed by atoms with van der Waals surface area (Å²) in [7, 11) is 0. The molecular weight excluding hydrogens is 349 g/mol. The largest absolute Gasteiger partial charge is 0.481 e. The molecule has 0 bridgehead atoms. The Balaban J connectivity index is 1.96. The molecule has 4 nitrogen and oxygen atoms in total. The molecule has 0 radical (unpaired) electrons. The summed E-state index contributed by atoms with van der Waals surface area (Å²) in [5.74, 6) is -0.618. The topological polar surface area (TPSA) is 62.3 Å².